The highest BCUT2D eigenvalue weighted by atomic mass is 16.6. The smallest absolute Gasteiger partial charge is 0.270 e. The Bertz CT molecular complexity index is 1110. The van der Waals surface area contributed by atoms with E-state index in [0.29, 0.717) is 17.1 Å². The Morgan fingerprint density at radius 3 is 2.73 bits per heavy atom. The summed E-state index contributed by atoms with van der Waals surface area (Å²) in [5.41, 5.74) is 3.84. The minimum Gasteiger partial charge on any atom is -0.340 e. The first kappa shape index (κ1) is 20.7. The van der Waals surface area contributed by atoms with Crippen LogP contribution >= 0.6 is 0 Å². The number of hydrogen-bond acceptors (Lipinski definition) is 6. The van der Waals surface area contributed by atoms with Gasteiger partial charge in [0.1, 0.15) is 12.1 Å². The number of nitro groups is 1. The zero-order valence-electron chi connectivity index (χ0n) is 16.6. The quantitative estimate of drug-likeness (QED) is 0.337. The van der Waals surface area contributed by atoms with E-state index in [1.165, 1.54) is 24.5 Å². The van der Waals surface area contributed by atoms with E-state index in [9.17, 15) is 14.9 Å². The predicted molar refractivity (Wildman–Crippen MR) is 117 cm³/mol. The molecular formula is C22H21N5O3. The van der Waals surface area contributed by atoms with Gasteiger partial charge in [-0.1, -0.05) is 25.1 Å². The Morgan fingerprint density at radius 1 is 1.17 bits per heavy atom. The van der Waals surface area contributed by atoms with Crippen LogP contribution in [-0.2, 0) is 11.2 Å². The molecule has 2 aromatic carbocycles. The molecular weight excluding hydrogens is 382 g/mol. The van der Waals surface area contributed by atoms with Crippen LogP contribution in [0.15, 0.2) is 60.9 Å². The first-order valence-electron chi connectivity index (χ1n) is 9.36. The van der Waals surface area contributed by atoms with Gasteiger partial charge >= 0.3 is 0 Å². The number of aryl methyl sites for hydroxylation is 2. The van der Waals surface area contributed by atoms with E-state index in [2.05, 4.69) is 20.6 Å². The maximum atomic E-state index is 12.4. The molecule has 0 spiro atoms. The number of anilines is 3. The molecule has 0 atom stereocenters. The Labute approximate surface area is 173 Å². The molecule has 0 unspecified atom stereocenters. The second-order valence-corrected chi connectivity index (χ2v) is 6.57. The molecule has 152 valence electrons. The van der Waals surface area contributed by atoms with Crippen molar-refractivity contribution in [3.63, 3.8) is 0 Å². The molecule has 0 saturated carbocycles. The van der Waals surface area contributed by atoms with Crippen molar-refractivity contribution in [2.24, 2.45) is 0 Å². The summed E-state index contributed by atoms with van der Waals surface area (Å²) < 4.78 is 0. The summed E-state index contributed by atoms with van der Waals surface area (Å²) in [4.78, 5) is 31.1. The van der Waals surface area contributed by atoms with Crippen molar-refractivity contribution in [1.82, 2.24) is 9.97 Å². The lowest BCUT2D eigenvalue weighted by molar-refractivity contribution is -0.384. The van der Waals surface area contributed by atoms with Crippen LogP contribution < -0.4 is 10.6 Å². The molecule has 3 rings (SSSR count). The van der Waals surface area contributed by atoms with E-state index in [-0.39, 0.29) is 11.6 Å². The summed E-state index contributed by atoms with van der Waals surface area (Å²) >= 11 is 0. The third-order valence-corrected chi connectivity index (χ3v) is 4.33. The molecule has 30 heavy (non-hydrogen) atoms. The average Bonchev–Trinajstić information content (AvgIpc) is 2.73. The maximum absolute atomic E-state index is 12.4. The largest absolute Gasteiger partial charge is 0.340 e. The zero-order valence-corrected chi connectivity index (χ0v) is 16.6. The molecule has 1 amide bonds. The lowest BCUT2D eigenvalue weighted by Crippen LogP contribution is -2.10. The number of benzene rings is 2. The monoisotopic (exact) mass is 403 g/mol. The van der Waals surface area contributed by atoms with Gasteiger partial charge in [-0.3, -0.25) is 14.9 Å². The van der Waals surface area contributed by atoms with E-state index in [4.69, 9.17) is 0 Å². The molecule has 0 aliphatic heterocycles. The average molecular weight is 403 g/mol. The normalized spacial score (nSPS) is 10.7. The van der Waals surface area contributed by atoms with Crippen LogP contribution in [0, 0.1) is 17.0 Å². The van der Waals surface area contributed by atoms with Crippen LogP contribution in [-0.4, -0.2) is 20.8 Å². The predicted octanol–water partition coefficient (Wildman–Crippen LogP) is 4.65. The van der Waals surface area contributed by atoms with Gasteiger partial charge in [-0.05, 0) is 42.7 Å². The van der Waals surface area contributed by atoms with Crippen LogP contribution in [0.25, 0.3) is 6.08 Å². The number of nitrogens with zero attached hydrogens (tertiary/aromatic N) is 3. The Hall–Kier alpha value is -4.07. The van der Waals surface area contributed by atoms with Crippen LogP contribution in [0.4, 0.5) is 22.9 Å². The summed E-state index contributed by atoms with van der Waals surface area (Å²) in [5, 5.41) is 16.9. The highest BCUT2D eigenvalue weighted by Gasteiger charge is 2.08. The minimum absolute atomic E-state index is 0.0236. The second kappa shape index (κ2) is 9.42. The summed E-state index contributed by atoms with van der Waals surface area (Å²) in [6.45, 7) is 3.89. The van der Waals surface area contributed by atoms with E-state index in [1.54, 1.807) is 18.2 Å². The van der Waals surface area contributed by atoms with Gasteiger partial charge in [0.25, 0.3) is 5.69 Å². The van der Waals surface area contributed by atoms with E-state index in [1.807, 2.05) is 38.1 Å². The molecule has 3 aromatic rings. The molecule has 8 heteroatoms. The van der Waals surface area contributed by atoms with Gasteiger partial charge in [0.05, 0.1) is 4.92 Å². The number of nitrogens with one attached hydrogen (secondary N) is 2. The van der Waals surface area contributed by atoms with Gasteiger partial charge in [0.15, 0.2) is 0 Å². The van der Waals surface area contributed by atoms with E-state index >= 15 is 0 Å². The second-order valence-electron chi connectivity index (χ2n) is 6.57. The van der Waals surface area contributed by atoms with Crippen molar-refractivity contribution in [2.45, 2.75) is 20.3 Å². The van der Waals surface area contributed by atoms with Gasteiger partial charge in [0, 0.05) is 41.3 Å². The van der Waals surface area contributed by atoms with Gasteiger partial charge < -0.3 is 10.6 Å². The molecule has 8 nitrogen and oxygen atoms in total. The molecule has 0 aliphatic carbocycles. The maximum Gasteiger partial charge on any atom is 0.270 e. The molecule has 0 aliphatic rings. The fourth-order valence-corrected chi connectivity index (χ4v) is 2.84. The van der Waals surface area contributed by atoms with Crippen molar-refractivity contribution in [2.75, 3.05) is 10.6 Å². The SMILES string of the molecule is CCc1ccc(Nc2cc(C)ncn2)cc1NC(=O)/C=C/c1cccc([N+](=O)[O-])c1. The number of carbonyl (C=O) groups is 1. The third-order valence-electron chi connectivity index (χ3n) is 4.33. The standard InChI is InChI=1S/C22H21N5O3/c1-3-17-8-9-18(25-21-11-15(2)23-14-24-21)13-20(17)26-22(28)10-7-16-5-4-6-19(12-16)27(29)30/h4-14H,3H2,1-2H3,(H,26,28)(H,23,24,25)/b10-7+. The first-order chi connectivity index (χ1) is 14.4. The highest BCUT2D eigenvalue weighted by molar-refractivity contribution is 6.02. The lowest BCUT2D eigenvalue weighted by Gasteiger charge is -2.12. The van der Waals surface area contributed by atoms with Crippen molar-refractivity contribution in [3.8, 4) is 0 Å². The summed E-state index contributed by atoms with van der Waals surface area (Å²) in [5.74, 6) is 0.334. The van der Waals surface area contributed by atoms with Crippen molar-refractivity contribution >= 4 is 34.9 Å². The third kappa shape index (κ3) is 5.48. The number of carbonyl (C=O) groups excluding carboxylic acids is 1. The molecule has 2 N–H and O–H groups in total. The Balaban J connectivity index is 1.75. The van der Waals surface area contributed by atoms with E-state index < -0.39 is 4.92 Å². The van der Waals surface area contributed by atoms with Crippen molar-refractivity contribution in [1.29, 1.82) is 0 Å². The van der Waals surface area contributed by atoms with Crippen LogP contribution in [0.1, 0.15) is 23.7 Å². The summed E-state index contributed by atoms with van der Waals surface area (Å²) in [6, 6.07) is 13.6. The molecule has 1 heterocycles. The number of aromatic nitrogens is 2. The Kier molecular flexibility index (Phi) is 6.49. The fourth-order valence-electron chi connectivity index (χ4n) is 2.84. The summed E-state index contributed by atoms with van der Waals surface area (Å²) in [6.07, 6.45) is 5.13. The van der Waals surface area contributed by atoms with Crippen LogP contribution in [0.5, 0.6) is 0 Å². The number of hydrogen-bond donors (Lipinski definition) is 2. The van der Waals surface area contributed by atoms with Gasteiger partial charge in [-0.15, -0.1) is 0 Å². The number of amides is 1. The molecule has 0 fully saturated rings. The number of nitro benzene ring substituents is 1. The Morgan fingerprint density at radius 2 is 2.00 bits per heavy atom. The fraction of sp³-hybridized carbons (Fsp3) is 0.136. The van der Waals surface area contributed by atoms with E-state index in [0.717, 1.165) is 23.4 Å². The topological polar surface area (TPSA) is 110 Å². The number of rotatable bonds is 7. The molecule has 0 saturated heterocycles. The molecule has 0 radical (unpaired) electrons. The molecule has 1 aromatic heterocycles. The minimum atomic E-state index is -0.470. The highest BCUT2D eigenvalue weighted by Crippen LogP contribution is 2.24. The van der Waals surface area contributed by atoms with Crippen LogP contribution in [0.3, 0.4) is 0 Å². The van der Waals surface area contributed by atoms with Crippen molar-refractivity contribution in [3.05, 3.63) is 87.9 Å². The molecule has 0 bridgehead atoms. The van der Waals surface area contributed by atoms with Gasteiger partial charge in [-0.2, -0.15) is 0 Å². The van der Waals surface area contributed by atoms with Gasteiger partial charge in [0.2, 0.25) is 5.91 Å². The lowest BCUT2D eigenvalue weighted by atomic mass is 10.1. The van der Waals surface area contributed by atoms with Crippen LogP contribution in [0.2, 0.25) is 0 Å². The van der Waals surface area contributed by atoms with Gasteiger partial charge in [-0.25, -0.2) is 9.97 Å². The zero-order chi connectivity index (χ0) is 21.5. The first-order valence-corrected chi connectivity index (χ1v) is 9.36. The van der Waals surface area contributed by atoms with Crippen molar-refractivity contribution < 1.29 is 9.72 Å². The summed E-state index contributed by atoms with van der Waals surface area (Å²) in [7, 11) is 0. The number of non-ortho nitro benzene ring substituents is 1.